The van der Waals surface area contributed by atoms with E-state index in [2.05, 4.69) is 13.8 Å². The lowest BCUT2D eigenvalue weighted by Gasteiger charge is -2.14. The number of esters is 1. The number of methoxy groups -OCH3 is 2. The summed E-state index contributed by atoms with van der Waals surface area (Å²) < 4.78 is 15.3. The zero-order chi connectivity index (χ0) is 13.5. The second-order valence-corrected chi connectivity index (χ2v) is 4.24. The lowest BCUT2D eigenvalue weighted by Crippen LogP contribution is -2.08. The number of rotatable bonds is 6. The van der Waals surface area contributed by atoms with Crippen molar-refractivity contribution in [3.8, 4) is 5.75 Å². The van der Waals surface area contributed by atoms with Crippen molar-refractivity contribution < 1.29 is 19.0 Å². The molecule has 0 atom stereocenters. The Bertz CT molecular complexity index is 399. The normalized spacial score (nSPS) is 10.5. The molecule has 0 bridgehead atoms. The molecule has 100 valence electrons. The van der Waals surface area contributed by atoms with Gasteiger partial charge in [0.15, 0.2) is 0 Å². The highest BCUT2D eigenvalue weighted by atomic mass is 16.5. The molecule has 0 aromatic heterocycles. The smallest absolute Gasteiger partial charge is 0.337 e. The SMILES string of the molecule is COCCOc1cc(C(=O)OC)ccc1C(C)C. The van der Waals surface area contributed by atoms with Crippen molar-refractivity contribution in [2.24, 2.45) is 0 Å². The van der Waals surface area contributed by atoms with Crippen molar-refractivity contribution in [3.05, 3.63) is 29.3 Å². The minimum atomic E-state index is -0.359. The van der Waals surface area contributed by atoms with E-state index in [4.69, 9.17) is 14.2 Å². The van der Waals surface area contributed by atoms with Gasteiger partial charge in [-0.2, -0.15) is 0 Å². The maximum absolute atomic E-state index is 11.5. The first-order chi connectivity index (χ1) is 8.60. The Morgan fingerprint density at radius 3 is 2.50 bits per heavy atom. The van der Waals surface area contributed by atoms with E-state index in [1.165, 1.54) is 7.11 Å². The third kappa shape index (κ3) is 3.74. The average Bonchev–Trinajstić information content (AvgIpc) is 2.37. The Morgan fingerprint density at radius 1 is 1.22 bits per heavy atom. The largest absolute Gasteiger partial charge is 0.491 e. The summed E-state index contributed by atoms with van der Waals surface area (Å²) in [4.78, 5) is 11.5. The summed E-state index contributed by atoms with van der Waals surface area (Å²) in [5.41, 5.74) is 1.56. The van der Waals surface area contributed by atoms with Gasteiger partial charge in [-0.15, -0.1) is 0 Å². The molecule has 0 fully saturated rings. The van der Waals surface area contributed by atoms with Crippen molar-refractivity contribution in [1.29, 1.82) is 0 Å². The molecule has 0 aliphatic rings. The van der Waals surface area contributed by atoms with Gasteiger partial charge >= 0.3 is 5.97 Å². The highest BCUT2D eigenvalue weighted by Crippen LogP contribution is 2.27. The standard InChI is InChI=1S/C14H20O4/c1-10(2)12-6-5-11(14(15)17-4)9-13(12)18-8-7-16-3/h5-6,9-10H,7-8H2,1-4H3. The predicted molar refractivity (Wildman–Crippen MR) is 69.2 cm³/mol. The number of hydrogen-bond acceptors (Lipinski definition) is 4. The topological polar surface area (TPSA) is 44.8 Å². The average molecular weight is 252 g/mol. The summed E-state index contributed by atoms with van der Waals surface area (Å²) in [5, 5.41) is 0. The van der Waals surface area contributed by atoms with Gasteiger partial charge in [-0.05, 0) is 23.6 Å². The zero-order valence-corrected chi connectivity index (χ0v) is 11.4. The maximum atomic E-state index is 11.5. The molecular weight excluding hydrogens is 232 g/mol. The van der Waals surface area contributed by atoms with Gasteiger partial charge < -0.3 is 14.2 Å². The number of benzene rings is 1. The molecule has 1 rings (SSSR count). The predicted octanol–water partition coefficient (Wildman–Crippen LogP) is 2.62. The van der Waals surface area contributed by atoms with Gasteiger partial charge in [0.25, 0.3) is 0 Å². The van der Waals surface area contributed by atoms with Crippen LogP contribution in [0.25, 0.3) is 0 Å². The van der Waals surface area contributed by atoms with Crippen molar-refractivity contribution in [1.82, 2.24) is 0 Å². The molecule has 1 aromatic carbocycles. The van der Waals surface area contributed by atoms with Gasteiger partial charge in [0.1, 0.15) is 12.4 Å². The summed E-state index contributed by atoms with van der Waals surface area (Å²) in [6.07, 6.45) is 0. The Hall–Kier alpha value is -1.55. The van der Waals surface area contributed by atoms with Crippen LogP contribution in [0.3, 0.4) is 0 Å². The molecule has 1 aromatic rings. The number of carbonyl (C=O) groups excluding carboxylic acids is 1. The van der Waals surface area contributed by atoms with E-state index < -0.39 is 0 Å². The van der Waals surface area contributed by atoms with Gasteiger partial charge in [-0.1, -0.05) is 19.9 Å². The molecular formula is C14H20O4. The summed E-state index contributed by atoms with van der Waals surface area (Å²) >= 11 is 0. The lowest BCUT2D eigenvalue weighted by molar-refractivity contribution is 0.0600. The molecule has 0 radical (unpaired) electrons. The highest BCUT2D eigenvalue weighted by molar-refractivity contribution is 5.89. The van der Waals surface area contributed by atoms with Crippen LogP contribution >= 0.6 is 0 Å². The first-order valence-corrected chi connectivity index (χ1v) is 5.94. The van der Waals surface area contributed by atoms with Gasteiger partial charge in [0, 0.05) is 7.11 Å². The molecule has 0 aliphatic heterocycles. The molecule has 0 saturated carbocycles. The van der Waals surface area contributed by atoms with Crippen LogP contribution in [0.4, 0.5) is 0 Å². The van der Waals surface area contributed by atoms with Crippen LogP contribution in [0.5, 0.6) is 5.75 Å². The lowest BCUT2D eigenvalue weighted by atomic mass is 10.0. The van der Waals surface area contributed by atoms with E-state index >= 15 is 0 Å². The minimum Gasteiger partial charge on any atom is -0.491 e. The second-order valence-electron chi connectivity index (χ2n) is 4.24. The van der Waals surface area contributed by atoms with Crippen LogP contribution in [0.2, 0.25) is 0 Å². The van der Waals surface area contributed by atoms with Gasteiger partial charge in [0.05, 0.1) is 19.3 Å². The minimum absolute atomic E-state index is 0.328. The van der Waals surface area contributed by atoms with Crippen molar-refractivity contribution in [2.45, 2.75) is 19.8 Å². The van der Waals surface area contributed by atoms with Crippen LogP contribution in [0.1, 0.15) is 35.7 Å². The molecule has 18 heavy (non-hydrogen) atoms. The van der Waals surface area contributed by atoms with Crippen molar-refractivity contribution in [3.63, 3.8) is 0 Å². The van der Waals surface area contributed by atoms with Crippen LogP contribution in [0, 0.1) is 0 Å². The quantitative estimate of drug-likeness (QED) is 0.576. The fraction of sp³-hybridized carbons (Fsp3) is 0.500. The molecule has 0 unspecified atom stereocenters. The van der Waals surface area contributed by atoms with Crippen molar-refractivity contribution >= 4 is 5.97 Å². The first-order valence-electron chi connectivity index (χ1n) is 5.94. The highest BCUT2D eigenvalue weighted by Gasteiger charge is 2.13. The number of ether oxygens (including phenoxy) is 3. The summed E-state index contributed by atoms with van der Waals surface area (Å²) in [5.74, 6) is 0.682. The van der Waals surface area contributed by atoms with E-state index in [-0.39, 0.29) is 5.97 Å². The van der Waals surface area contributed by atoms with Gasteiger partial charge in [0.2, 0.25) is 0 Å². The fourth-order valence-corrected chi connectivity index (χ4v) is 1.62. The molecule has 0 heterocycles. The Balaban J connectivity index is 2.96. The van der Waals surface area contributed by atoms with E-state index in [0.717, 1.165) is 5.56 Å². The summed E-state index contributed by atoms with van der Waals surface area (Å²) in [7, 11) is 2.99. The zero-order valence-electron chi connectivity index (χ0n) is 11.4. The van der Waals surface area contributed by atoms with E-state index in [9.17, 15) is 4.79 Å². The third-order valence-corrected chi connectivity index (χ3v) is 2.60. The van der Waals surface area contributed by atoms with E-state index in [1.807, 2.05) is 6.07 Å². The molecule has 0 saturated heterocycles. The molecule has 0 spiro atoms. The van der Waals surface area contributed by atoms with Crippen molar-refractivity contribution in [2.75, 3.05) is 27.4 Å². The number of hydrogen-bond donors (Lipinski definition) is 0. The van der Waals surface area contributed by atoms with Gasteiger partial charge in [-0.3, -0.25) is 0 Å². The molecule has 0 amide bonds. The Labute approximate surface area is 108 Å². The molecule has 0 N–H and O–H groups in total. The summed E-state index contributed by atoms with van der Waals surface area (Å²) in [6, 6.07) is 5.38. The van der Waals surface area contributed by atoms with Crippen LogP contribution < -0.4 is 4.74 Å². The third-order valence-electron chi connectivity index (χ3n) is 2.60. The number of carbonyl (C=O) groups is 1. The van der Waals surface area contributed by atoms with Crippen LogP contribution in [-0.2, 0) is 9.47 Å². The summed E-state index contributed by atoms with van der Waals surface area (Å²) in [6.45, 7) is 5.13. The first kappa shape index (κ1) is 14.5. The molecule has 0 aliphatic carbocycles. The monoisotopic (exact) mass is 252 g/mol. The maximum Gasteiger partial charge on any atom is 0.337 e. The fourth-order valence-electron chi connectivity index (χ4n) is 1.62. The second kappa shape index (κ2) is 7.01. The molecule has 4 heteroatoms. The molecule has 4 nitrogen and oxygen atoms in total. The van der Waals surface area contributed by atoms with E-state index in [0.29, 0.717) is 30.4 Å². The van der Waals surface area contributed by atoms with Gasteiger partial charge in [-0.25, -0.2) is 4.79 Å². The van der Waals surface area contributed by atoms with Crippen LogP contribution in [0.15, 0.2) is 18.2 Å². The Kier molecular flexibility index (Phi) is 5.65. The Morgan fingerprint density at radius 2 is 1.94 bits per heavy atom. The van der Waals surface area contributed by atoms with E-state index in [1.54, 1.807) is 19.2 Å². The van der Waals surface area contributed by atoms with Crippen LogP contribution in [-0.4, -0.2) is 33.4 Å².